The predicted molar refractivity (Wildman–Crippen MR) is 136 cm³/mol. The fraction of sp³-hybridized carbons (Fsp3) is 0.143. The number of oxime groups is 1. The highest BCUT2D eigenvalue weighted by Crippen LogP contribution is 2.48. The number of phenols is 1. The van der Waals surface area contributed by atoms with Crippen molar-refractivity contribution in [2.24, 2.45) is 5.16 Å². The van der Waals surface area contributed by atoms with Crippen LogP contribution in [0.15, 0.2) is 84.3 Å². The molecule has 0 aliphatic carbocycles. The Morgan fingerprint density at radius 3 is 2.68 bits per heavy atom. The number of nitrogens with zero attached hydrogens (tertiary/aromatic N) is 5. The molecule has 1 atom stereocenters. The van der Waals surface area contributed by atoms with Gasteiger partial charge in [0.1, 0.15) is 23.6 Å². The highest BCUT2D eigenvalue weighted by atomic mass is 16.6. The van der Waals surface area contributed by atoms with Gasteiger partial charge in [0.25, 0.3) is 0 Å². The van der Waals surface area contributed by atoms with Gasteiger partial charge in [-0.2, -0.15) is 0 Å². The van der Waals surface area contributed by atoms with Crippen molar-refractivity contribution in [1.82, 2.24) is 19.6 Å². The van der Waals surface area contributed by atoms with E-state index in [9.17, 15) is 5.11 Å². The quantitative estimate of drug-likeness (QED) is 0.255. The van der Waals surface area contributed by atoms with Crippen molar-refractivity contribution >= 4 is 11.4 Å². The van der Waals surface area contributed by atoms with Gasteiger partial charge < -0.3 is 19.4 Å². The number of phenolic OH excluding ortho intramolecular Hbond substituents is 1. The van der Waals surface area contributed by atoms with Crippen molar-refractivity contribution in [3.8, 4) is 23.1 Å². The van der Waals surface area contributed by atoms with E-state index >= 15 is 0 Å². The highest BCUT2D eigenvalue weighted by Gasteiger charge is 2.33. The van der Waals surface area contributed by atoms with Gasteiger partial charge in [0.2, 0.25) is 5.88 Å². The van der Waals surface area contributed by atoms with Crippen LogP contribution in [0.5, 0.6) is 23.1 Å². The third-order valence-corrected chi connectivity index (χ3v) is 6.27. The molecule has 0 bridgehead atoms. The lowest BCUT2D eigenvalue weighted by molar-refractivity contribution is 0.125. The van der Waals surface area contributed by atoms with E-state index < -0.39 is 0 Å². The zero-order valence-electron chi connectivity index (χ0n) is 20.2. The number of fused-ring (bicyclic) bond motifs is 4. The van der Waals surface area contributed by atoms with E-state index in [0.29, 0.717) is 23.1 Å². The minimum atomic E-state index is -0.252. The Balaban J connectivity index is 1.39. The molecule has 1 unspecified atom stereocenters. The number of ether oxygens (including phenoxy) is 2. The molecule has 2 aromatic heterocycles. The molecule has 0 saturated carbocycles. The van der Waals surface area contributed by atoms with Crippen molar-refractivity contribution in [2.45, 2.75) is 19.4 Å². The average Bonchev–Trinajstić information content (AvgIpc) is 3.35. The standard InChI is InChI=1S/C28H23N5O4/c1-17(18-6-4-3-5-7-18)32-36-15-24-30-27-26-25(19-8-11-21(35-2)12-9-19)22-13-10-20(34)14-23(22)37-28(26)29-16-33(27)31-24/h3-14,16,25,34H,15H2,1-2H3/b32-17+. The van der Waals surface area contributed by atoms with Gasteiger partial charge in [-0.1, -0.05) is 53.7 Å². The van der Waals surface area contributed by atoms with E-state index in [0.717, 1.165) is 33.7 Å². The predicted octanol–water partition coefficient (Wildman–Crippen LogP) is 5.07. The third-order valence-electron chi connectivity index (χ3n) is 6.27. The largest absolute Gasteiger partial charge is 0.508 e. The summed E-state index contributed by atoms with van der Waals surface area (Å²) in [4.78, 5) is 14.8. The first-order chi connectivity index (χ1) is 18.1. The SMILES string of the molecule is COc1ccc(C2c3ccc(O)cc3Oc3ncn4nc(CO/N=C(\C)c5ccccc5)nc4c32)cc1. The number of aromatic hydroxyl groups is 1. The van der Waals surface area contributed by atoms with E-state index in [1.807, 2.05) is 67.6 Å². The lowest BCUT2D eigenvalue weighted by atomic mass is 9.84. The normalized spacial score (nSPS) is 14.5. The van der Waals surface area contributed by atoms with Crippen LogP contribution in [-0.2, 0) is 11.4 Å². The summed E-state index contributed by atoms with van der Waals surface area (Å²) in [5.41, 5.74) is 5.00. The fourth-order valence-corrected chi connectivity index (χ4v) is 4.47. The van der Waals surface area contributed by atoms with Gasteiger partial charge in [-0.05, 0) is 36.2 Å². The van der Waals surface area contributed by atoms with Crippen LogP contribution in [0.1, 0.15) is 40.9 Å². The number of methoxy groups -OCH3 is 1. The molecule has 3 aromatic carbocycles. The monoisotopic (exact) mass is 493 g/mol. The van der Waals surface area contributed by atoms with Crippen molar-refractivity contribution in [3.05, 3.63) is 107 Å². The topological polar surface area (TPSA) is 103 Å². The Hall–Kier alpha value is -4.92. The summed E-state index contributed by atoms with van der Waals surface area (Å²) in [6, 6.07) is 22.7. The molecule has 1 aliphatic rings. The minimum absolute atomic E-state index is 0.0964. The molecule has 6 rings (SSSR count). The van der Waals surface area contributed by atoms with Crippen LogP contribution in [0.2, 0.25) is 0 Å². The van der Waals surface area contributed by atoms with Gasteiger partial charge in [0.15, 0.2) is 18.1 Å². The molecule has 0 fully saturated rings. The van der Waals surface area contributed by atoms with E-state index in [2.05, 4.69) is 15.2 Å². The number of benzene rings is 3. The summed E-state index contributed by atoms with van der Waals surface area (Å²) in [7, 11) is 1.63. The Kier molecular flexibility index (Phi) is 5.65. The molecule has 0 spiro atoms. The summed E-state index contributed by atoms with van der Waals surface area (Å²) in [6.45, 7) is 1.98. The van der Waals surface area contributed by atoms with Crippen molar-refractivity contribution in [2.75, 3.05) is 7.11 Å². The lowest BCUT2D eigenvalue weighted by Crippen LogP contribution is -2.15. The number of hydrogen-bond acceptors (Lipinski definition) is 8. The number of rotatable bonds is 6. The van der Waals surface area contributed by atoms with Gasteiger partial charge >= 0.3 is 0 Å². The lowest BCUT2D eigenvalue weighted by Gasteiger charge is -2.28. The Bertz CT molecular complexity index is 1610. The van der Waals surface area contributed by atoms with Crippen LogP contribution in [-0.4, -0.2) is 37.5 Å². The van der Waals surface area contributed by atoms with E-state index in [4.69, 9.17) is 19.3 Å². The third kappa shape index (κ3) is 4.20. The van der Waals surface area contributed by atoms with Crippen LogP contribution >= 0.6 is 0 Å². The van der Waals surface area contributed by atoms with Crippen LogP contribution in [0.4, 0.5) is 0 Å². The Labute approximate surface area is 212 Å². The van der Waals surface area contributed by atoms with E-state index in [1.54, 1.807) is 30.1 Å². The zero-order chi connectivity index (χ0) is 25.4. The first-order valence-corrected chi connectivity index (χ1v) is 11.7. The summed E-state index contributed by atoms with van der Waals surface area (Å²) in [6.07, 6.45) is 1.56. The summed E-state index contributed by atoms with van der Waals surface area (Å²) in [5, 5.41) is 18.8. The first kappa shape index (κ1) is 22.5. The van der Waals surface area contributed by atoms with Crippen molar-refractivity contribution in [3.63, 3.8) is 0 Å². The van der Waals surface area contributed by atoms with Crippen LogP contribution < -0.4 is 9.47 Å². The second-order valence-electron chi connectivity index (χ2n) is 8.61. The second-order valence-corrected chi connectivity index (χ2v) is 8.61. The summed E-state index contributed by atoms with van der Waals surface area (Å²) in [5.74, 6) is 2.03. The summed E-state index contributed by atoms with van der Waals surface area (Å²) >= 11 is 0. The molecule has 37 heavy (non-hydrogen) atoms. The van der Waals surface area contributed by atoms with Crippen molar-refractivity contribution in [1.29, 1.82) is 0 Å². The molecule has 1 N–H and O–H groups in total. The average molecular weight is 494 g/mol. The Morgan fingerprint density at radius 2 is 1.89 bits per heavy atom. The van der Waals surface area contributed by atoms with Gasteiger partial charge in [-0.15, -0.1) is 5.10 Å². The van der Waals surface area contributed by atoms with Gasteiger partial charge in [0, 0.05) is 17.5 Å². The zero-order valence-corrected chi connectivity index (χ0v) is 20.2. The molecule has 5 aromatic rings. The Morgan fingerprint density at radius 1 is 1.08 bits per heavy atom. The van der Waals surface area contributed by atoms with Gasteiger partial charge in [0.05, 0.1) is 18.4 Å². The maximum atomic E-state index is 10.1. The number of aromatic nitrogens is 4. The van der Waals surface area contributed by atoms with Crippen LogP contribution in [0.25, 0.3) is 5.65 Å². The molecular weight excluding hydrogens is 470 g/mol. The van der Waals surface area contributed by atoms with E-state index in [1.165, 1.54) is 0 Å². The maximum Gasteiger partial charge on any atom is 0.228 e. The minimum Gasteiger partial charge on any atom is -0.508 e. The molecular formula is C28H23N5O4. The van der Waals surface area contributed by atoms with Gasteiger partial charge in [-0.3, -0.25) is 0 Å². The molecule has 0 amide bonds. The molecule has 3 heterocycles. The molecule has 9 heteroatoms. The smallest absolute Gasteiger partial charge is 0.228 e. The molecule has 9 nitrogen and oxygen atoms in total. The number of hydrogen-bond donors (Lipinski definition) is 1. The van der Waals surface area contributed by atoms with E-state index in [-0.39, 0.29) is 18.3 Å². The molecule has 184 valence electrons. The summed E-state index contributed by atoms with van der Waals surface area (Å²) < 4.78 is 13.1. The molecule has 0 radical (unpaired) electrons. The second kappa shape index (κ2) is 9.27. The highest BCUT2D eigenvalue weighted by molar-refractivity contribution is 5.98. The molecule has 1 aliphatic heterocycles. The van der Waals surface area contributed by atoms with Crippen molar-refractivity contribution < 1.29 is 19.4 Å². The van der Waals surface area contributed by atoms with Crippen LogP contribution in [0.3, 0.4) is 0 Å². The fourth-order valence-electron chi connectivity index (χ4n) is 4.47. The first-order valence-electron chi connectivity index (χ1n) is 11.7. The van der Waals surface area contributed by atoms with Gasteiger partial charge in [-0.25, -0.2) is 14.5 Å². The maximum absolute atomic E-state index is 10.1. The van der Waals surface area contributed by atoms with Crippen LogP contribution in [0, 0.1) is 0 Å². The molecule has 0 saturated heterocycles.